The molecule has 1 heterocycles. The molecule has 2 nitrogen and oxygen atoms in total. The van der Waals surface area contributed by atoms with Gasteiger partial charge in [-0.3, -0.25) is 4.79 Å². The second kappa shape index (κ2) is 4.03. The predicted molar refractivity (Wildman–Crippen MR) is 62.5 cm³/mol. The van der Waals surface area contributed by atoms with Crippen molar-refractivity contribution in [1.82, 2.24) is 0 Å². The number of aliphatic carboxylic acids is 1. The van der Waals surface area contributed by atoms with Crippen LogP contribution in [0.4, 0.5) is 0 Å². The molecular weight excluding hydrogens is 208 g/mol. The van der Waals surface area contributed by atoms with E-state index in [2.05, 4.69) is 24.4 Å². The Bertz CT molecular complexity index is 499. The first-order valence-electron chi connectivity index (χ1n) is 4.86. The van der Waals surface area contributed by atoms with Gasteiger partial charge in [0.05, 0.1) is 0 Å². The van der Waals surface area contributed by atoms with Crippen LogP contribution in [0.5, 0.6) is 0 Å². The second-order valence-electron chi connectivity index (χ2n) is 3.61. The Morgan fingerprint density at radius 2 is 2.27 bits per heavy atom. The minimum Gasteiger partial charge on any atom is -0.481 e. The minimum atomic E-state index is -0.734. The number of rotatable bonds is 3. The molecule has 0 atom stereocenters. The molecule has 1 N–H and O–H groups in total. The van der Waals surface area contributed by atoms with E-state index in [1.165, 1.54) is 15.6 Å². The Hall–Kier alpha value is -1.35. The summed E-state index contributed by atoms with van der Waals surface area (Å²) in [5.74, 6) is -0.734. The summed E-state index contributed by atoms with van der Waals surface area (Å²) in [6.45, 7) is 2.08. The molecule has 0 saturated carbocycles. The van der Waals surface area contributed by atoms with E-state index in [0.717, 1.165) is 5.56 Å². The SMILES string of the molecule is Cc1cccc2c(CCC(=O)O)csc12. The van der Waals surface area contributed by atoms with Crippen molar-refractivity contribution in [3.63, 3.8) is 0 Å². The first kappa shape index (κ1) is 10.2. The molecule has 78 valence electrons. The molecule has 0 aliphatic rings. The summed E-state index contributed by atoms with van der Waals surface area (Å²) in [5.41, 5.74) is 2.42. The van der Waals surface area contributed by atoms with E-state index >= 15 is 0 Å². The van der Waals surface area contributed by atoms with Gasteiger partial charge < -0.3 is 5.11 Å². The van der Waals surface area contributed by atoms with E-state index < -0.39 is 5.97 Å². The lowest BCUT2D eigenvalue weighted by molar-refractivity contribution is -0.136. The van der Waals surface area contributed by atoms with Gasteiger partial charge in [0.15, 0.2) is 0 Å². The number of carboxylic acid groups (broad SMARTS) is 1. The van der Waals surface area contributed by atoms with Crippen LogP contribution in [-0.4, -0.2) is 11.1 Å². The highest BCUT2D eigenvalue weighted by atomic mass is 32.1. The van der Waals surface area contributed by atoms with E-state index in [4.69, 9.17) is 5.11 Å². The number of hydrogen-bond acceptors (Lipinski definition) is 2. The smallest absolute Gasteiger partial charge is 0.303 e. The Kier molecular flexibility index (Phi) is 2.73. The van der Waals surface area contributed by atoms with Gasteiger partial charge in [-0.05, 0) is 35.2 Å². The standard InChI is InChI=1S/C12H12O2S/c1-8-3-2-4-10-9(5-6-11(13)14)7-15-12(8)10/h2-4,7H,5-6H2,1H3,(H,13,14). The summed E-state index contributed by atoms with van der Waals surface area (Å²) < 4.78 is 1.28. The molecule has 3 heteroatoms. The molecule has 0 fully saturated rings. The largest absolute Gasteiger partial charge is 0.481 e. The Morgan fingerprint density at radius 1 is 1.47 bits per heavy atom. The van der Waals surface area contributed by atoms with Crippen molar-refractivity contribution >= 4 is 27.4 Å². The van der Waals surface area contributed by atoms with Crippen molar-refractivity contribution < 1.29 is 9.90 Å². The minimum absolute atomic E-state index is 0.208. The van der Waals surface area contributed by atoms with Crippen molar-refractivity contribution in [1.29, 1.82) is 0 Å². The number of hydrogen-bond donors (Lipinski definition) is 1. The van der Waals surface area contributed by atoms with Gasteiger partial charge in [0, 0.05) is 11.1 Å². The van der Waals surface area contributed by atoms with E-state index in [1.54, 1.807) is 11.3 Å². The van der Waals surface area contributed by atoms with Gasteiger partial charge in [-0.15, -0.1) is 11.3 Å². The molecule has 0 unspecified atom stereocenters. The average molecular weight is 220 g/mol. The van der Waals surface area contributed by atoms with Crippen LogP contribution in [0.2, 0.25) is 0 Å². The van der Waals surface area contributed by atoms with Crippen molar-refractivity contribution in [3.8, 4) is 0 Å². The highest BCUT2D eigenvalue weighted by molar-refractivity contribution is 7.17. The molecule has 2 aromatic rings. The van der Waals surface area contributed by atoms with Crippen LogP contribution in [0, 0.1) is 6.92 Å². The zero-order chi connectivity index (χ0) is 10.8. The fourth-order valence-electron chi connectivity index (χ4n) is 1.69. The summed E-state index contributed by atoms with van der Waals surface area (Å²) in [7, 11) is 0. The number of carboxylic acids is 1. The van der Waals surface area contributed by atoms with Crippen molar-refractivity contribution in [2.45, 2.75) is 19.8 Å². The molecule has 0 aliphatic carbocycles. The van der Waals surface area contributed by atoms with Gasteiger partial charge in [-0.25, -0.2) is 0 Å². The fourth-order valence-corrected chi connectivity index (χ4v) is 2.78. The lowest BCUT2D eigenvalue weighted by Crippen LogP contribution is -1.96. The van der Waals surface area contributed by atoms with E-state index in [-0.39, 0.29) is 6.42 Å². The third-order valence-electron chi connectivity index (χ3n) is 2.49. The van der Waals surface area contributed by atoms with Crippen molar-refractivity contribution in [3.05, 3.63) is 34.7 Å². The average Bonchev–Trinajstić information content (AvgIpc) is 2.59. The van der Waals surface area contributed by atoms with Crippen LogP contribution in [-0.2, 0) is 11.2 Å². The topological polar surface area (TPSA) is 37.3 Å². The van der Waals surface area contributed by atoms with E-state index in [9.17, 15) is 4.79 Å². The maximum absolute atomic E-state index is 10.5. The molecule has 0 saturated heterocycles. The lowest BCUT2D eigenvalue weighted by Gasteiger charge is -1.98. The van der Waals surface area contributed by atoms with Crippen LogP contribution in [0.15, 0.2) is 23.6 Å². The predicted octanol–water partition coefficient (Wildman–Crippen LogP) is 3.23. The number of thiophene rings is 1. The van der Waals surface area contributed by atoms with Crippen molar-refractivity contribution in [2.24, 2.45) is 0 Å². The van der Waals surface area contributed by atoms with Gasteiger partial charge in [-0.2, -0.15) is 0 Å². The Labute approximate surface area is 92.2 Å². The maximum Gasteiger partial charge on any atom is 0.303 e. The number of aryl methyl sites for hydroxylation is 2. The molecular formula is C12H12O2S. The van der Waals surface area contributed by atoms with Gasteiger partial charge in [-0.1, -0.05) is 18.2 Å². The Balaban J connectivity index is 2.37. The number of fused-ring (bicyclic) bond motifs is 1. The molecule has 2 rings (SSSR count). The molecule has 15 heavy (non-hydrogen) atoms. The summed E-state index contributed by atoms with van der Waals surface area (Å²) >= 11 is 1.70. The summed E-state index contributed by atoms with van der Waals surface area (Å²) in [4.78, 5) is 10.5. The number of benzene rings is 1. The van der Waals surface area contributed by atoms with Crippen LogP contribution in [0.1, 0.15) is 17.5 Å². The molecule has 0 radical (unpaired) electrons. The second-order valence-corrected chi connectivity index (χ2v) is 4.49. The van der Waals surface area contributed by atoms with Gasteiger partial charge in [0.2, 0.25) is 0 Å². The maximum atomic E-state index is 10.5. The normalized spacial score (nSPS) is 10.7. The lowest BCUT2D eigenvalue weighted by atomic mass is 10.1. The molecule has 0 spiro atoms. The van der Waals surface area contributed by atoms with E-state index in [0.29, 0.717) is 6.42 Å². The highest BCUT2D eigenvalue weighted by Crippen LogP contribution is 2.29. The van der Waals surface area contributed by atoms with Crippen LogP contribution < -0.4 is 0 Å². The third-order valence-corrected chi connectivity index (χ3v) is 3.67. The van der Waals surface area contributed by atoms with E-state index in [1.807, 2.05) is 6.07 Å². The van der Waals surface area contributed by atoms with Gasteiger partial charge in [0.1, 0.15) is 0 Å². The van der Waals surface area contributed by atoms with Crippen LogP contribution >= 0.6 is 11.3 Å². The first-order valence-corrected chi connectivity index (χ1v) is 5.74. The van der Waals surface area contributed by atoms with Crippen molar-refractivity contribution in [2.75, 3.05) is 0 Å². The van der Waals surface area contributed by atoms with Crippen LogP contribution in [0.3, 0.4) is 0 Å². The zero-order valence-corrected chi connectivity index (χ0v) is 9.30. The molecule has 0 aliphatic heterocycles. The van der Waals surface area contributed by atoms with Gasteiger partial charge >= 0.3 is 5.97 Å². The molecule has 1 aromatic carbocycles. The monoisotopic (exact) mass is 220 g/mol. The third kappa shape index (κ3) is 2.02. The molecule has 1 aromatic heterocycles. The Morgan fingerprint density at radius 3 is 3.00 bits per heavy atom. The summed E-state index contributed by atoms with van der Waals surface area (Å²) in [6, 6.07) is 6.17. The molecule has 0 amide bonds. The first-order chi connectivity index (χ1) is 7.18. The highest BCUT2D eigenvalue weighted by Gasteiger charge is 2.07. The number of carbonyl (C=O) groups is 1. The van der Waals surface area contributed by atoms with Gasteiger partial charge in [0.25, 0.3) is 0 Å². The summed E-state index contributed by atoms with van der Waals surface area (Å²) in [6.07, 6.45) is 0.832. The quantitative estimate of drug-likeness (QED) is 0.862. The van der Waals surface area contributed by atoms with Crippen LogP contribution in [0.25, 0.3) is 10.1 Å². The molecule has 0 bridgehead atoms. The zero-order valence-electron chi connectivity index (χ0n) is 8.49. The summed E-state index contributed by atoms with van der Waals surface area (Å²) in [5, 5.41) is 11.9. The fraction of sp³-hybridized carbons (Fsp3) is 0.250.